The van der Waals surface area contributed by atoms with E-state index in [0.29, 0.717) is 29.5 Å². The van der Waals surface area contributed by atoms with Crippen molar-refractivity contribution in [1.82, 2.24) is 4.98 Å². The number of aryl methyl sites for hydroxylation is 2. The molecule has 0 saturated carbocycles. The van der Waals surface area contributed by atoms with E-state index in [9.17, 15) is 9.90 Å². The zero-order valence-electron chi connectivity index (χ0n) is 16.2. The Kier molecular flexibility index (Phi) is 5.94. The lowest BCUT2D eigenvalue weighted by molar-refractivity contribution is 0.0693. The number of pyridine rings is 1. The zero-order valence-corrected chi connectivity index (χ0v) is 16.2. The average molecular weight is 377 g/mol. The number of carboxylic acids is 1. The molecule has 0 radical (unpaired) electrons. The first-order chi connectivity index (χ1) is 13.5. The van der Waals surface area contributed by atoms with Gasteiger partial charge in [-0.3, -0.25) is 0 Å². The molecule has 0 saturated heterocycles. The molecule has 144 valence electrons. The SMILES string of the molecule is CCOc1ccccc1-c1ccc(C(=O)O)c(COc2ccc(C)c(C)c2)n1. The van der Waals surface area contributed by atoms with Crippen LogP contribution in [0, 0.1) is 13.8 Å². The lowest BCUT2D eigenvalue weighted by atomic mass is 10.1. The predicted octanol–water partition coefficient (Wildman–Crippen LogP) is 5.04. The van der Waals surface area contributed by atoms with Crippen LogP contribution in [0.2, 0.25) is 0 Å². The summed E-state index contributed by atoms with van der Waals surface area (Å²) in [5.74, 6) is 0.360. The molecule has 0 aliphatic heterocycles. The molecule has 0 aliphatic carbocycles. The summed E-state index contributed by atoms with van der Waals surface area (Å²) in [5.41, 5.74) is 4.24. The largest absolute Gasteiger partial charge is 0.493 e. The van der Waals surface area contributed by atoms with Crippen molar-refractivity contribution < 1.29 is 19.4 Å². The highest BCUT2D eigenvalue weighted by Gasteiger charge is 2.16. The molecule has 28 heavy (non-hydrogen) atoms. The van der Waals surface area contributed by atoms with Gasteiger partial charge in [0.15, 0.2) is 0 Å². The molecular formula is C23H23NO4. The Morgan fingerprint density at radius 3 is 2.50 bits per heavy atom. The third-order valence-corrected chi connectivity index (χ3v) is 4.52. The van der Waals surface area contributed by atoms with Gasteiger partial charge in [0.1, 0.15) is 18.1 Å². The van der Waals surface area contributed by atoms with E-state index in [2.05, 4.69) is 4.98 Å². The minimum Gasteiger partial charge on any atom is -0.493 e. The molecule has 1 aromatic heterocycles. The van der Waals surface area contributed by atoms with Gasteiger partial charge in [-0.25, -0.2) is 9.78 Å². The third-order valence-electron chi connectivity index (χ3n) is 4.52. The monoisotopic (exact) mass is 377 g/mol. The highest BCUT2D eigenvalue weighted by Crippen LogP contribution is 2.29. The number of carboxylic acid groups (broad SMARTS) is 1. The maximum Gasteiger partial charge on any atom is 0.337 e. The third kappa shape index (κ3) is 4.31. The number of hydrogen-bond acceptors (Lipinski definition) is 4. The fourth-order valence-electron chi connectivity index (χ4n) is 2.87. The van der Waals surface area contributed by atoms with E-state index >= 15 is 0 Å². The molecular weight excluding hydrogens is 354 g/mol. The number of rotatable bonds is 7. The number of ether oxygens (including phenoxy) is 2. The highest BCUT2D eigenvalue weighted by molar-refractivity contribution is 5.89. The van der Waals surface area contributed by atoms with Crippen LogP contribution in [0.25, 0.3) is 11.3 Å². The lowest BCUT2D eigenvalue weighted by Crippen LogP contribution is -2.09. The fourth-order valence-corrected chi connectivity index (χ4v) is 2.87. The Balaban J connectivity index is 1.94. The summed E-state index contributed by atoms with van der Waals surface area (Å²) in [6.45, 7) is 6.55. The van der Waals surface area contributed by atoms with Crippen molar-refractivity contribution in [3.63, 3.8) is 0 Å². The molecule has 1 N–H and O–H groups in total. The normalized spacial score (nSPS) is 10.5. The van der Waals surface area contributed by atoms with Gasteiger partial charge in [0, 0.05) is 5.56 Å². The Hall–Kier alpha value is -3.34. The average Bonchev–Trinajstić information content (AvgIpc) is 2.69. The van der Waals surface area contributed by atoms with Gasteiger partial charge in [-0.05, 0) is 68.3 Å². The molecule has 0 atom stereocenters. The molecule has 0 fully saturated rings. The van der Waals surface area contributed by atoms with Crippen molar-refractivity contribution in [3.8, 4) is 22.8 Å². The summed E-state index contributed by atoms with van der Waals surface area (Å²) in [5, 5.41) is 9.52. The van der Waals surface area contributed by atoms with Crippen LogP contribution in [0.5, 0.6) is 11.5 Å². The summed E-state index contributed by atoms with van der Waals surface area (Å²) in [6.07, 6.45) is 0. The van der Waals surface area contributed by atoms with Crippen LogP contribution in [0.4, 0.5) is 0 Å². The van der Waals surface area contributed by atoms with E-state index in [4.69, 9.17) is 9.47 Å². The molecule has 3 rings (SSSR count). The first kappa shape index (κ1) is 19.4. The molecule has 5 nitrogen and oxygen atoms in total. The predicted molar refractivity (Wildman–Crippen MR) is 108 cm³/mol. The number of nitrogens with zero attached hydrogens (tertiary/aromatic N) is 1. The number of hydrogen-bond donors (Lipinski definition) is 1. The molecule has 0 bridgehead atoms. The number of para-hydroxylation sites is 1. The summed E-state index contributed by atoms with van der Waals surface area (Å²) < 4.78 is 11.5. The molecule has 0 spiro atoms. The second-order valence-corrected chi connectivity index (χ2v) is 6.46. The molecule has 0 aliphatic rings. The summed E-state index contributed by atoms with van der Waals surface area (Å²) in [6, 6.07) is 16.6. The van der Waals surface area contributed by atoms with Gasteiger partial charge in [-0.15, -0.1) is 0 Å². The standard InChI is InChI=1S/C23H23NO4/c1-4-27-22-8-6-5-7-18(22)20-12-11-19(23(25)26)21(24-20)14-28-17-10-9-15(2)16(3)13-17/h5-13H,4,14H2,1-3H3,(H,25,26). The van der Waals surface area contributed by atoms with Crippen LogP contribution >= 0.6 is 0 Å². The maximum atomic E-state index is 11.6. The molecule has 0 amide bonds. The fraction of sp³-hybridized carbons (Fsp3) is 0.217. The van der Waals surface area contributed by atoms with E-state index in [0.717, 1.165) is 11.1 Å². The van der Waals surface area contributed by atoms with Crippen molar-refractivity contribution in [2.24, 2.45) is 0 Å². The van der Waals surface area contributed by atoms with Crippen LogP contribution in [0.15, 0.2) is 54.6 Å². The van der Waals surface area contributed by atoms with Gasteiger partial charge in [0.25, 0.3) is 0 Å². The first-order valence-electron chi connectivity index (χ1n) is 9.15. The van der Waals surface area contributed by atoms with Gasteiger partial charge in [0.2, 0.25) is 0 Å². The Morgan fingerprint density at radius 1 is 1.00 bits per heavy atom. The van der Waals surface area contributed by atoms with Gasteiger partial charge in [-0.2, -0.15) is 0 Å². The Labute approximate surface area is 164 Å². The number of aromatic carboxylic acids is 1. The van der Waals surface area contributed by atoms with Crippen molar-refractivity contribution in [3.05, 3.63) is 77.0 Å². The van der Waals surface area contributed by atoms with Gasteiger partial charge >= 0.3 is 5.97 Å². The van der Waals surface area contributed by atoms with Crippen LogP contribution in [-0.4, -0.2) is 22.7 Å². The number of benzene rings is 2. The molecule has 3 aromatic rings. The smallest absolute Gasteiger partial charge is 0.337 e. The summed E-state index contributed by atoms with van der Waals surface area (Å²) in [7, 11) is 0. The molecule has 5 heteroatoms. The molecule has 0 unspecified atom stereocenters. The van der Waals surface area contributed by atoms with E-state index in [1.54, 1.807) is 12.1 Å². The van der Waals surface area contributed by atoms with E-state index in [1.165, 1.54) is 5.56 Å². The minimum absolute atomic E-state index is 0.0643. The van der Waals surface area contributed by atoms with Gasteiger partial charge in [0.05, 0.1) is 23.6 Å². The molecule has 1 heterocycles. The topological polar surface area (TPSA) is 68.7 Å². The van der Waals surface area contributed by atoms with Crippen molar-refractivity contribution >= 4 is 5.97 Å². The first-order valence-corrected chi connectivity index (χ1v) is 9.15. The van der Waals surface area contributed by atoms with Crippen LogP contribution in [-0.2, 0) is 6.61 Å². The maximum absolute atomic E-state index is 11.6. The minimum atomic E-state index is -1.03. The van der Waals surface area contributed by atoms with Gasteiger partial charge < -0.3 is 14.6 Å². The molecule has 2 aromatic carbocycles. The van der Waals surface area contributed by atoms with Crippen molar-refractivity contribution in [2.45, 2.75) is 27.4 Å². The second kappa shape index (κ2) is 8.57. The van der Waals surface area contributed by atoms with Gasteiger partial charge in [-0.1, -0.05) is 18.2 Å². The number of aromatic nitrogens is 1. The zero-order chi connectivity index (χ0) is 20.1. The van der Waals surface area contributed by atoms with Crippen LogP contribution in [0.1, 0.15) is 34.1 Å². The number of carbonyl (C=O) groups is 1. The quantitative estimate of drug-likeness (QED) is 0.625. The van der Waals surface area contributed by atoms with Crippen molar-refractivity contribution in [1.29, 1.82) is 0 Å². The summed E-state index contributed by atoms with van der Waals surface area (Å²) in [4.78, 5) is 16.2. The van der Waals surface area contributed by atoms with E-state index < -0.39 is 5.97 Å². The van der Waals surface area contributed by atoms with E-state index in [1.807, 2.05) is 63.2 Å². The highest BCUT2D eigenvalue weighted by atomic mass is 16.5. The van der Waals surface area contributed by atoms with Crippen molar-refractivity contribution in [2.75, 3.05) is 6.61 Å². The summed E-state index contributed by atoms with van der Waals surface area (Å²) >= 11 is 0. The lowest BCUT2D eigenvalue weighted by Gasteiger charge is -2.13. The van der Waals surface area contributed by atoms with E-state index in [-0.39, 0.29) is 12.2 Å². The van der Waals surface area contributed by atoms with Crippen LogP contribution in [0.3, 0.4) is 0 Å². The second-order valence-electron chi connectivity index (χ2n) is 6.46. The Morgan fingerprint density at radius 2 is 1.79 bits per heavy atom. The van der Waals surface area contributed by atoms with Crippen LogP contribution < -0.4 is 9.47 Å². The Bertz CT molecular complexity index is 998.